The van der Waals surface area contributed by atoms with Crippen LogP contribution in [0, 0.1) is 13.8 Å². The normalized spacial score (nSPS) is 18.9. The van der Waals surface area contributed by atoms with Crippen molar-refractivity contribution >= 4 is 23.0 Å². The predicted molar refractivity (Wildman–Crippen MR) is 137 cm³/mol. The van der Waals surface area contributed by atoms with E-state index in [1.165, 1.54) is 5.56 Å². The SMILES string of the molecule is Cc1ccc(-c2sc(C3CC3)nc2C(=O)[C@@H](NC(=O)c2cccc(C)c2)C2CCCCN2)cc1. The number of nitrogens with zero attached hydrogens (tertiary/aromatic N) is 1. The first kappa shape index (κ1) is 22.9. The Balaban J connectivity index is 1.50. The van der Waals surface area contributed by atoms with Gasteiger partial charge in [-0.15, -0.1) is 11.3 Å². The van der Waals surface area contributed by atoms with E-state index in [0.29, 0.717) is 17.2 Å². The molecule has 1 unspecified atom stereocenters. The largest absolute Gasteiger partial charge is 0.340 e. The Hall–Kier alpha value is -2.83. The zero-order valence-corrected chi connectivity index (χ0v) is 20.6. The molecule has 6 heteroatoms. The van der Waals surface area contributed by atoms with Crippen molar-refractivity contribution in [2.75, 3.05) is 6.54 Å². The lowest BCUT2D eigenvalue weighted by Crippen LogP contribution is -2.55. The lowest BCUT2D eigenvalue weighted by molar-refractivity contribution is 0.0823. The van der Waals surface area contributed by atoms with E-state index in [4.69, 9.17) is 4.98 Å². The Kier molecular flexibility index (Phi) is 6.61. The molecule has 2 aliphatic rings. The smallest absolute Gasteiger partial charge is 0.251 e. The molecule has 2 atom stereocenters. The molecular formula is C28H31N3O2S. The van der Waals surface area contributed by atoms with Crippen molar-refractivity contribution in [3.63, 3.8) is 0 Å². The van der Waals surface area contributed by atoms with Crippen LogP contribution in [0.25, 0.3) is 10.4 Å². The van der Waals surface area contributed by atoms with Gasteiger partial charge in [0.05, 0.1) is 9.88 Å². The number of thiazole rings is 1. The van der Waals surface area contributed by atoms with Crippen LogP contribution >= 0.6 is 11.3 Å². The van der Waals surface area contributed by atoms with Crippen molar-refractivity contribution in [2.24, 2.45) is 0 Å². The van der Waals surface area contributed by atoms with Crippen LogP contribution in [-0.4, -0.2) is 35.3 Å². The molecule has 2 heterocycles. The van der Waals surface area contributed by atoms with Crippen molar-refractivity contribution in [1.29, 1.82) is 0 Å². The molecule has 5 rings (SSSR count). The molecule has 0 spiro atoms. The van der Waals surface area contributed by atoms with Crippen LogP contribution in [0.3, 0.4) is 0 Å². The van der Waals surface area contributed by atoms with Gasteiger partial charge in [-0.25, -0.2) is 4.98 Å². The molecule has 3 aromatic rings. The van der Waals surface area contributed by atoms with Crippen LogP contribution in [0.15, 0.2) is 48.5 Å². The van der Waals surface area contributed by atoms with Crippen LogP contribution in [0.5, 0.6) is 0 Å². The number of carbonyl (C=O) groups is 2. The van der Waals surface area contributed by atoms with E-state index in [2.05, 4.69) is 41.8 Å². The van der Waals surface area contributed by atoms with Gasteiger partial charge in [0.1, 0.15) is 11.7 Å². The minimum absolute atomic E-state index is 0.0980. The molecule has 1 saturated heterocycles. The maximum atomic E-state index is 14.1. The quantitative estimate of drug-likeness (QED) is 0.449. The van der Waals surface area contributed by atoms with Gasteiger partial charge in [-0.05, 0) is 63.8 Å². The van der Waals surface area contributed by atoms with Crippen LogP contribution < -0.4 is 10.6 Å². The Morgan fingerprint density at radius 3 is 2.50 bits per heavy atom. The molecule has 0 bridgehead atoms. The zero-order valence-electron chi connectivity index (χ0n) is 19.8. The van der Waals surface area contributed by atoms with Gasteiger partial charge in [0.25, 0.3) is 5.91 Å². The van der Waals surface area contributed by atoms with Crippen molar-refractivity contribution in [3.05, 3.63) is 75.9 Å². The second-order valence-corrected chi connectivity index (χ2v) is 10.6. The van der Waals surface area contributed by atoms with Crippen molar-refractivity contribution in [3.8, 4) is 10.4 Å². The van der Waals surface area contributed by atoms with Crippen LogP contribution in [-0.2, 0) is 0 Å². The van der Waals surface area contributed by atoms with Gasteiger partial charge in [-0.1, -0.05) is 53.9 Å². The van der Waals surface area contributed by atoms with E-state index in [1.807, 2.05) is 25.1 Å². The Morgan fingerprint density at radius 1 is 1.03 bits per heavy atom. The summed E-state index contributed by atoms with van der Waals surface area (Å²) in [4.78, 5) is 33.1. The fourth-order valence-electron chi connectivity index (χ4n) is 4.58. The Bertz CT molecular complexity index is 1190. The number of hydrogen-bond acceptors (Lipinski definition) is 5. The molecular weight excluding hydrogens is 442 g/mol. The average molecular weight is 474 g/mol. The summed E-state index contributed by atoms with van der Waals surface area (Å²) < 4.78 is 0. The Morgan fingerprint density at radius 2 is 1.82 bits per heavy atom. The topological polar surface area (TPSA) is 71.1 Å². The van der Waals surface area contributed by atoms with Gasteiger partial charge in [0.2, 0.25) is 5.78 Å². The highest BCUT2D eigenvalue weighted by Crippen LogP contribution is 2.45. The Labute approximate surface area is 205 Å². The first-order valence-corrected chi connectivity index (χ1v) is 13.0. The highest BCUT2D eigenvalue weighted by atomic mass is 32.1. The third-order valence-corrected chi connectivity index (χ3v) is 7.98. The maximum absolute atomic E-state index is 14.1. The molecule has 5 nitrogen and oxygen atoms in total. The second kappa shape index (κ2) is 9.80. The molecule has 1 aliphatic carbocycles. The third-order valence-electron chi connectivity index (χ3n) is 6.72. The minimum Gasteiger partial charge on any atom is -0.340 e. The van der Waals surface area contributed by atoms with E-state index in [1.54, 1.807) is 17.4 Å². The predicted octanol–water partition coefficient (Wildman–Crippen LogP) is 5.43. The zero-order chi connectivity index (χ0) is 23.7. The highest BCUT2D eigenvalue weighted by molar-refractivity contribution is 7.15. The molecule has 1 aliphatic heterocycles. The number of Topliss-reactive ketones (excluding diaryl/α,β-unsaturated/α-hetero) is 1. The lowest BCUT2D eigenvalue weighted by atomic mass is 9.92. The van der Waals surface area contributed by atoms with E-state index in [9.17, 15) is 9.59 Å². The molecule has 2 N–H and O–H groups in total. The summed E-state index contributed by atoms with van der Waals surface area (Å²) in [5.41, 5.74) is 4.28. The lowest BCUT2D eigenvalue weighted by Gasteiger charge is -2.31. The van der Waals surface area contributed by atoms with Gasteiger partial charge >= 0.3 is 0 Å². The summed E-state index contributed by atoms with van der Waals surface area (Å²) in [7, 11) is 0. The number of benzene rings is 2. The molecule has 1 amide bonds. The molecule has 1 aromatic heterocycles. The van der Waals surface area contributed by atoms with Gasteiger partial charge in [-0.2, -0.15) is 0 Å². The van der Waals surface area contributed by atoms with Crippen molar-refractivity contribution in [1.82, 2.24) is 15.6 Å². The monoisotopic (exact) mass is 473 g/mol. The number of nitrogens with one attached hydrogen (secondary N) is 2. The molecule has 0 radical (unpaired) electrons. The van der Waals surface area contributed by atoms with Gasteiger partial charge in [0, 0.05) is 17.5 Å². The first-order chi connectivity index (χ1) is 16.5. The summed E-state index contributed by atoms with van der Waals surface area (Å²) >= 11 is 1.63. The highest BCUT2D eigenvalue weighted by Gasteiger charge is 2.36. The van der Waals surface area contributed by atoms with Crippen molar-refractivity contribution < 1.29 is 9.59 Å². The summed E-state index contributed by atoms with van der Waals surface area (Å²) in [5.74, 6) is 0.145. The molecule has 2 aromatic carbocycles. The summed E-state index contributed by atoms with van der Waals surface area (Å²) in [6.07, 6.45) is 5.24. The summed E-state index contributed by atoms with van der Waals surface area (Å²) in [6.45, 7) is 4.87. The standard InChI is InChI=1S/C28H31N3O2S/c1-17-9-11-19(12-10-17)26-24(31-28(34-26)20-13-14-20)25(32)23(22-8-3-4-15-29-22)30-27(33)21-7-5-6-18(2)16-21/h5-7,9-12,16,20,22-23,29H,3-4,8,13-15H2,1-2H3,(H,30,33)/t22?,23-/m0/s1. The van der Waals surface area contributed by atoms with Crippen LogP contribution in [0.2, 0.25) is 0 Å². The average Bonchev–Trinajstić information content (AvgIpc) is 3.61. The minimum atomic E-state index is -0.660. The third kappa shape index (κ3) is 4.98. The second-order valence-electron chi connectivity index (χ2n) is 9.61. The van der Waals surface area contributed by atoms with E-state index < -0.39 is 6.04 Å². The molecule has 34 heavy (non-hydrogen) atoms. The summed E-state index contributed by atoms with van der Waals surface area (Å²) in [5, 5.41) is 7.61. The van der Waals surface area contributed by atoms with Gasteiger partial charge in [0.15, 0.2) is 0 Å². The molecule has 1 saturated carbocycles. The number of hydrogen-bond donors (Lipinski definition) is 2. The maximum Gasteiger partial charge on any atom is 0.251 e. The molecule has 176 valence electrons. The number of amides is 1. The van der Waals surface area contributed by atoms with Crippen LogP contribution in [0.4, 0.5) is 0 Å². The first-order valence-electron chi connectivity index (χ1n) is 12.2. The number of rotatable bonds is 7. The number of aromatic nitrogens is 1. The van der Waals surface area contributed by atoms with Crippen molar-refractivity contribution in [2.45, 2.75) is 64.0 Å². The molecule has 2 fully saturated rings. The number of aryl methyl sites for hydroxylation is 2. The van der Waals surface area contributed by atoms with Gasteiger partial charge in [-0.3, -0.25) is 9.59 Å². The van der Waals surface area contributed by atoms with Crippen LogP contribution in [0.1, 0.15) is 75.0 Å². The number of carbonyl (C=O) groups excluding carboxylic acids is 2. The fourth-order valence-corrected chi connectivity index (χ4v) is 5.82. The number of ketones is 1. The van der Waals surface area contributed by atoms with Gasteiger partial charge < -0.3 is 10.6 Å². The number of piperidine rings is 1. The fraction of sp³-hybridized carbons (Fsp3) is 0.393. The van der Waals surface area contributed by atoms with E-state index in [-0.39, 0.29) is 17.7 Å². The summed E-state index contributed by atoms with van der Waals surface area (Å²) in [6, 6.07) is 15.0. The van der Waals surface area contributed by atoms with E-state index >= 15 is 0 Å². The van der Waals surface area contributed by atoms with E-state index in [0.717, 1.165) is 59.7 Å².